The van der Waals surface area contributed by atoms with Crippen LogP contribution in [0.3, 0.4) is 0 Å². The van der Waals surface area contributed by atoms with Gasteiger partial charge in [-0.25, -0.2) is 0 Å². The van der Waals surface area contributed by atoms with Gasteiger partial charge in [-0.3, -0.25) is 9.00 Å². The molecule has 1 aromatic rings. The number of rotatable bonds is 2. The number of ketones is 1. The zero-order valence-corrected chi connectivity index (χ0v) is 10.2. The second-order valence-corrected chi connectivity index (χ2v) is 6.09. The van der Waals surface area contributed by atoms with Gasteiger partial charge in [0.1, 0.15) is 5.78 Å². The van der Waals surface area contributed by atoms with Crippen LogP contribution in [0.2, 0.25) is 0 Å². The SMILES string of the molecule is C[C@@H]1CC[C@H]([S@](=O)c2ccccc2)C(=O)C1. The summed E-state index contributed by atoms with van der Waals surface area (Å²) in [4.78, 5) is 12.6. The van der Waals surface area contributed by atoms with Crippen molar-refractivity contribution >= 4 is 16.6 Å². The summed E-state index contributed by atoms with van der Waals surface area (Å²) in [6.45, 7) is 2.08. The quantitative estimate of drug-likeness (QED) is 0.791. The average Bonchev–Trinajstić information content (AvgIpc) is 2.29. The summed E-state index contributed by atoms with van der Waals surface area (Å²) in [6, 6.07) is 9.29. The molecule has 1 fully saturated rings. The summed E-state index contributed by atoms with van der Waals surface area (Å²) in [5, 5.41) is -0.279. The van der Waals surface area contributed by atoms with Crippen molar-refractivity contribution < 1.29 is 9.00 Å². The molecule has 0 unspecified atom stereocenters. The van der Waals surface area contributed by atoms with Crippen LogP contribution in [0.5, 0.6) is 0 Å². The Labute approximate surface area is 98.5 Å². The smallest absolute Gasteiger partial charge is 0.149 e. The molecule has 1 aliphatic carbocycles. The summed E-state index contributed by atoms with van der Waals surface area (Å²) < 4.78 is 12.2. The summed E-state index contributed by atoms with van der Waals surface area (Å²) in [6.07, 6.45) is 2.36. The Kier molecular flexibility index (Phi) is 3.54. The van der Waals surface area contributed by atoms with Crippen LogP contribution in [0.4, 0.5) is 0 Å². The maximum absolute atomic E-state index is 12.2. The molecule has 3 atom stereocenters. The van der Waals surface area contributed by atoms with Crippen LogP contribution in [-0.2, 0) is 15.6 Å². The molecular formula is C13H16O2S. The van der Waals surface area contributed by atoms with E-state index in [1.165, 1.54) is 0 Å². The Hall–Kier alpha value is -0.960. The maximum Gasteiger partial charge on any atom is 0.149 e. The van der Waals surface area contributed by atoms with Crippen molar-refractivity contribution in [2.24, 2.45) is 5.92 Å². The lowest BCUT2D eigenvalue weighted by molar-refractivity contribution is -0.120. The van der Waals surface area contributed by atoms with E-state index in [1.54, 1.807) is 0 Å². The van der Waals surface area contributed by atoms with Gasteiger partial charge in [0, 0.05) is 11.3 Å². The van der Waals surface area contributed by atoms with E-state index in [9.17, 15) is 9.00 Å². The Morgan fingerprint density at radius 1 is 1.19 bits per heavy atom. The molecule has 0 saturated heterocycles. The van der Waals surface area contributed by atoms with Crippen LogP contribution in [0, 0.1) is 5.92 Å². The molecular weight excluding hydrogens is 220 g/mol. The summed E-state index contributed by atoms with van der Waals surface area (Å²) >= 11 is 0. The van der Waals surface area contributed by atoms with Crippen molar-refractivity contribution in [3.8, 4) is 0 Å². The number of carbonyl (C=O) groups is 1. The molecule has 0 aromatic heterocycles. The van der Waals surface area contributed by atoms with Crippen molar-refractivity contribution in [1.82, 2.24) is 0 Å². The summed E-state index contributed by atoms with van der Waals surface area (Å²) in [7, 11) is -1.16. The molecule has 0 spiro atoms. The molecule has 0 N–H and O–H groups in total. The lowest BCUT2D eigenvalue weighted by atomic mass is 9.89. The first-order chi connectivity index (χ1) is 7.68. The van der Waals surface area contributed by atoms with Gasteiger partial charge in [-0.2, -0.15) is 0 Å². The van der Waals surface area contributed by atoms with Crippen molar-refractivity contribution in [2.75, 3.05) is 0 Å². The van der Waals surface area contributed by atoms with E-state index in [0.717, 1.165) is 17.7 Å². The molecule has 2 nitrogen and oxygen atoms in total. The Morgan fingerprint density at radius 2 is 1.88 bits per heavy atom. The Balaban J connectivity index is 2.14. The van der Waals surface area contributed by atoms with E-state index in [0.29, 0.717) is 12.3 Å². The minimum Gasteiger partial charge on any atom is -0.298 e. The molecule has 1 aliphatic rings. The highest BCUT2D eigenvalue weighted by atomic mass is 32.2. The molecule has 0 heterocycles. The third-order valence-electron chi connectivity index (χ3n) is 3.06. The van der Waals surface area contributed by atoms with Crippen molar-refractivity contribution in [3.63, 3.8) is 0 Å². The molecule has 0 radical (unpaired) electrons. The first-order valence-electron chi connectivity index (χ1n) is 5.67. The van der Waals surface area contributed by atoms with Gasteiger partial charge in [-0.15, -0.1) is 0 Å². The minimum atomic E-state index is -1.16. The monoisotopic (exact) mass is 236 g/mol. The molecule has 86 valence electrons. The third-order valence-corrected chi connectivity index (χ3v) is 4.82. The van der Waals surface area contributed by atoms with Crippen LogP contribution >= 0.6 is 0 Å². The van der Waals surface area contributed by atoms with Gasteiger partial charge in [0.25, 0.3) is 0 Å². The van der Waals surface area contributed by atoms with Crippen LogP contribution < -0.4 is 0 Å². The molecule has 3 heteroatoms. The predicted octanol–water partition coefficient (Wildman–Crippen LogP) is 2.55. The number of benzene rings is 1. The number of hydrogen-bond donors (Lipinski definition) is 0. The fraction of sp³-hybridized carbons (Fsp3) is 0.462. The topological polar surface area (TPSA) is 34.1 Å². The van der Waals surface area contributed by atoms with Crippen LogP contribution in [-0.4, -0.2) is 15.2 Å². The number of Topliss-reactive ketones (excluding diaryl/α,β-unsaturated/α-hetero) is 1. The van der Waals surface area contributed by atoms with E-state index in [2.05, 4.69) is 6.92 Å². The van der Waals surface area contributed by atoms with E-state index < -0.39 is 10.8 Å². The molecule has 1 saturated carbocycles. The van der Waals surface area contributed by atoms with E-state index in [1.807, 2.05) is 30.3 Å². The predicted molar refractivity (Wildman–Crippen MR) is 64.7 cm³/mol. The Morgan fingerprint density at radius 3 is 2.50 bits per heavy atom. The number of hydrogen-bond acceptors (Lipinski definition) is 2. The second-order valence-electron chi connectivity index (χ2n) is 4.45. The largest absolute Gasteiger partial charge is 0.298 e. The van der Waals surface area contributed by atoms with E-state index in [4.69, 9.17) is 0 Å². The van der Waals surface area contributed by atoms with Gasteiger partial charge in [0.05, 0.1) is 16.0 Å². The Bertz CT molecular complexity index is 400. The van der Waals surface area contributed by atoms with Gasteiger partial charge in [0.2, 0.25) is 0 Å². The third kappa shape index (κ3) is 2.40. The highest BCUT2D eigenvalue weighted by molar-refractivity contribution is 7.86. The zero-order valence-electron chi connectivity index (χ0n) is 9.39. The molecule has 16 heavy (non-hydrogen) atoms. The van der Waals surface area contributed by atoms with Gasteiger partial charge >= 0.3 is 0 Å². The van der Waals surface area contributed by atoms with Gasteiger partial charge in [-0.05, 0) is 30.9 Å². The summed E-state index contributed by atoms with van der Waals surface area (Å²) in [5.74, 6) is 0.623. The molecule has 0 bridgehead atoms. The average molecular weight is 236 g/mol. The molecule has 0 aliphatic heterocycles. The van der Waals surface area contributed by atoms with E-state index >= 15 is 0 Å². The zero-order chi connectivity index (χ0) is 11.5. The maximum atomic E-state index is 12.2. The standard InChI is InChI=1S/C13H16O2S/c1-10-7-8-13(12(14)9-10)16(15)11-5-3-2-4-6-11/h2-6,10,13H,7-9H2,1H3/t10-,13+,16-/m1/s1. The van der Waals surface area contributed by atoms with Crippen LogP contribution in [0.25, 0.3) is 0 Å². The van der Waals surface area contributed by atoms with Crippen molar-refractivity contribution in [2.45, 2.75) is 36.3 Å². The van der Waals surface area contributed by atoms with Gasteiger partial charge in [0.15, 0.2) is 0 Å². The van der Waals surface area contributed by atoms with Crippen molar-refractivity contribution in [3.05, 3.63) is 30.3 Å². The van der Waals surface area contributed by atoms with Crippen molar-refractivity contribution in [1.29, 1.82) is 0 Å². The highest BCUT2D eigenvalue weighted by Crippen LogP contribution is 2.26. The van der Waals surface area contributed by atoms with Gasteiger partial charge < -0.3 is 0 Å². The first kappa shape index (κ1) is 11.5. The second kappa shape index (κ2) is 4.91. The first-order valence-corrected chi connectivity index (χ1v) is 6.88. The minimum absolute atomic E-state index is 0.168. The van der Waals surface area contributed by atoms with E-state index in [-0.39, 0.29) is 11.0 Å². The molecule has 0 amide bonds. The fourth-order valence-electron chi connectivity index (χ4n) is 2.12. The normalized spacial score (nSPS) is 27.7. The lowest BCUT2D eigenvalue weighted by Gasteiger charge is -2.24. The number of carbonyl (C=O) groups excluding carboxylic acids is 1. The fourth-order valence-corrected chi connectivity index (χ4v) is 3.56. The van der Waals surface area contributed by atoms with Crippen LogP contribution in [0.15, 0.2) is 35.2 Å². The lowest BCUT2D eigenvalue weighted by Crippen LogP contribution is -2.32. The summed E-state index contributed by atoms with van der Waals surface area (Å²) in [5.41, 5.74) is 0. The van der Waals surface area contributed by atoms with Crippen LogP contribution in [0.1, 0.15) is 26.2 Å². The van der Waals surface area contributed by atoms with Gasteiger partial charge in [-0.1, -0.05) is 25.1 Å². The molecule has 2 rings (SSSR count). The molecule has 1 aromatic carbocycles. The highest BCUT2D eigenvalue weighted by Gasteiger charge is 2.31.